The van der Waals surface area contributed by atoms with Gasteiger partial charge in [-0.15, -0.1) is 0 Å². The summed E-state index contributed by atoms with van der Waals surface area (Å²) in [6, 6.07) is 9.74. The van der Waals surface area contributed by atoms with Crippen molar-refractivity contribution in [3.05, 3.63) is 42.2 Å². The Morgan fingerprint density at radius 2 is 1.76 bits per heavy atom. The highest BCUT2D eigenvalue weighted by Gasteiger charge is 2.25. The fourth-order valence-electron chi connectivity index (χ4n) is 2.16. The predicted octanol–water partition coefficient (Wildman–Crippen LogP) is 2.79. The molecule has 2 aromatic rings. The van der Waals surface area contributed by atoms with E-state index in [4.69, 9.17) is 4.42 Å². The molecule has 0 aliphatic heterocycles. The summed E-state index contributed by atoms with van der Waals surface area (Å²) in [6.07, 6.45) is 0.588. The predicted molar refractivity (Wildman–Crippen MR) is 79.6 cm³/mol. The van der Waals surface area contributed by atoms with Crippen molar-refractivity contribution in [3.63, 3.8) is 0 Å². The third kappa shape index (κ3) is 2.91. The number of hydrogen-bond donors (Lipinski definition) is 0. The van der Waals surface area contributed by atoms with Crippen LogP contribution in [0, 0.1) is 0 Å². The molecule has 0 amide bonds. The van der Waals surface area contributed by atoms with Gasteiger partial charge in [0.15, 0.2) is 12.0 Å². The minimum absolute atomic E-state index is 0.167. The Morgan fingerprint density at radius 1 is 1.10 bits per heavy atom. The first-order valence-corrected chi connectivity index (χ1v) is 8.13. The fourth-order valence-corrected chi connectivity index (χ4v) is 3.81. The van der Waals surface area contributed by atoms with E-state index in [0.717, 1.165) is 0 Å². The van der Waals surface area contributed by atoms with Crippen LogP contribution in [-0.4, -0.2) is 32.1 Å². The van der Waals surface area contributed by atoms with Crippen LogP contribution in [0.4, 0.5) is 0 Å². The lowest BCUT2D eigenvalue weighted by atomic mass is 10.2. The minimum atomic E-state index is -3.59. The summed E-state index contributed by atoms with van der Waals surface area (Å²) in [7, 11) is -3.59. The number of rotatable bonds is 6. The molecule has 0 bridgehead atoms. The van der Waals surface area contributed by atoms with Gasteiger partial charge in [0.05, 0.1) is 4.90 Å². The van der Waals surface area contributed by atoms with Gasteiger partial charge < -0.3 is 4.42 Å². The van der Waals surface area contributed by atoms with E-state index in [0.29, 0.717) is 30.7 Å². The fraction of sp³-hybridized carbons (Fsp3) is 0.267. The van der Waals surface area contributed by atoms with Crippen molar-refractivity contribution in [2.75, 3.05) is 13.1 Å². The molecule has 0 N–H and O–H groups in total. The van der Waals surface area contributed by atoms with E-state index in [1.807, 2.05) is 0 Å². The quantitative estimate of drug-likeness (QED) is 0.770. The molecule has 1 aromatic carbocycles. The smallest absolute Gasteiger partial charge is 0.243 e. The zero-order chi connectivity index (χ0) is 15.5. The summed E-state index contributed by atoms with van der Waals surface area (Å²) in [5, 5.41) is 0. The Hall–Kier alpha value is -1.92. The van der Waals surface area contributed by atoms with E-state index in [1.165, 1.54) is 10.4 Å². The third-order valence-electron chi connectivity index (χ3n) is 3.22. The Kier molecular flexibility index (Phi) is 4.59. The van der Waals surface area contributed by atoms with Crippen LogP contribution >= 0.6 is 0 Å². The van der Waals surface area contributed by atoms with Crippen LogP contribution in [0.3, 0.4) is 0 Å². The van der Waals surface area contributed by atoms with Crippen LogP contribution < -0.4 is 0 Å². The number of furan rings is 1. The van der Waals surface area contributed by atoms with Crippen molar-refractivity contribution in [1.82, 2.24) is 4.31 Å². The van der Waals surface area contributed by atoms with Crippen LogP contribution in [0.5, 0.6) is 0 Å². The van der Waals surface area contributed by atoms with Crippen LogP contribution in [0.25, 0.3) is 11.3 Å². The van der Waals surface area contributed by atoms with Gasteiger partial charge in [-0.25, -0.2) is 8.42 Å². The summed E-state index contributed by atoms with van der Waals surface area (Å²) in [4.78, 5) is 10.9. The van der Waals surface area contributed by atoms with Gasteiger partial charge in [0.25, 0.3) is 0 Å². The largest absolute Gasteiger partial charge is 0.453 e. The van der Waals surface area contributed by atoms with Crippen molar-refractivity contribution in [1.29, 1.82) is 0 Å². The lowest BCUT2D eigenvalue weighted by Gasteiger charge is -2.19. The van der Waals surface area contributed by atoms with Gasteiger partial charge in [-0.3, -0.25) is 4.79 Å². The van der Waals surface area contributed by atoms with E-state index < -0.39 is 10.0 Å². The van der Waals surface area contributed by atoms with Gasteiger partial charge >= 0.3 is 0 Å². The van der Waals surface area contributed by atoms with E-state index in [-0.39, 0.29) is 10.7 Å². The molecule has 1 heterocycles. The van der Waals surface area contributed by atoms with Crippen molar-refractivity contribution in [2.45, 2.75) is 18.7 Å². The van der Waals surface area contributed by atoms with Crippen LogP contribution in [0.2, 0.25) is 0 Å². The molecule has 0 aliphatic rings. The summed E-state index contributed by atoms with van der Waals surface area (Å²) < 4.78 is 32.1. The highest BCUT2D eigenvalue weighted by molar-refractivity contribution is 7.89. The SMILES string of the molecule is CCN(CC)S(=O)(=O)c1ccccc1-c1ccc(C=O)o1. The molecule has 2 rings (SSSR count). The van der Waals surface area contributed by atoms with Crippen LogP contribution in [-0.2, 0) is 10.0 Å². The summed E-state index contributed by atoms with van der Waals surface area (Å²) in [5.41, 5.74) is 0.456. The topological polar surface area (TPSA) is 67.6 Å². The second-order valence-electron chi connectivity index (χ2n) is 4.41. The maximum Gasteiger partial charge on any atom is 0.243 e. The minimum Gasteiger partial charge on any atom is -0.453 e. The van der Waals surface area contributed by atoms with E-state index >= 15 is 0 Å². The van der Waals surface area contributed by atoms with Gasteiger partial charge in [-0.1, -0.05) is 26.0 Å². The third-order valence-corrected chi connectivity index (χ3v) is 5.33. The lowest BCUT2D eigenvalue weighted by Crippen LogP contribution is -2.30. The highest BCUT2D eigenvalue weighted by Crippen LogP contribution is 2.30. The number of sulfonamides is 1. The number of carbonyl (C=O) groups is 1. The number of nitrogens with zero attached hydrogens (tertiary/aromatic N) is 1. The van der Waals surface area contributed by atoms with Crippen molar-refractivity contribution in [3.8, 4) is 11.3 Å². The highest BCUT2D eigenvalue weighted by atomic mass is 32.2. The zero-order valence-electron chi connectivity index (χ0n) is 11.9. The Morgan fingerprint density at radius 3 is 2.33 bits per heavy atom. The summed E-state index contributed by atoms with van der Waals surface area (Å²) >= 11 is 0. The van der Waals surface area contributed by atoms with Crippen molar-refractivity contribution >= 4 is 16.3 Å². The van der Waals surface area contributed by atoms with Gasteiger partial charge in [-0.2, -0.15) is 4.31 Å². The van der Waals surface area contributed by atoms with Crippen LogP contribution in [0.1, 0.15) is 24.4 Å². The molecule has 6 heteroatoms. The first kappa shape index (κ1) is 15.5. The molecule has 1 aromatic heterocycles. The number of carbonyl (C=O) groups excluding carboxylic acids is 1. The second-order valence-corrected chi connectivity index (χ2v) is 6.31. The molecular weight excluding hydrogens is 290 g/mol. The van der Waals surface area contributed by atoms with Crippen LogP contribution in [0.15, 0.2) is 45.7 Å². The number of hydrogen-bond acceptors (Lipinski definition) is 4. The standard InChI is InChI=1S/C15H17NO4S/c1-3-16(4-2)21(18,19)15-8-6-5-7-13(15)14-10-9-12(11-17)20-14/h5-11H,3-4H2,1-2H3. The monoisotopic (exact) mass is 307 g/mol. The lowest BCUT2D eigenvalue weighted by molar-refractivity contribution is 0.110. The van der Waals surface area contributed by atoms with Gasteiger partial charge in [-0.05, 0) is 24.3 Å². The average molecular weight is 307 g/mol. The van der Waals surface area contributed by atoms with Gasteiger partial charge in [0.2, 0.25) is 10.0 Å². The molecule has 5 nitrogen and oxygen atoms in total. The summed E-state index contributed by atoms with van der Waals surface area (Å²) in [5.74, 6) is 0.531. The molecule has 0 radical (unpaired) electrons. The maximum atomic E-state index is 12.7. The molecule has 112 valence electrons. The molecule has 21 heavy (non-hydrogen) atoms. The second kappa shape index (κ2) is 6.24. The van der Waals surface area contributed by atoms with E-state index in [1.54, 1.807) is 44.2 Å². The molecular formula is C15H17NO4S. The Balaban J connectivity index is 2.58. The van der Waals surface area contributed by atoms with Crippen molar-refractivity contribution in [2.24, 2.45) is 0 Å². The van der Waals surface area contributed by atoms with Gasteiger partial charge in [0.1, 0.15) is 5.76 Å². The molecule has 0 unspecified atom stereocenters. The van der Waals surface area contributed by atoms with Gasteiger partial charge in [0, 0.05) is 18.7 Å². The summed E-state index contributed by atoms with van der Waals surface area (Å²) in [6.45, 7) is 4.37. The molecule has 0 saturated heterocycles. The van der Waals surface area contributed by atoms with E-state index in [2.05, 4.69) is 0 Å². The maximum absolute atomic E-state index is 12.7. The van der Waals surface area contributed by atoms with E-state index in [9.17, 15) is 13.2 Å². The first-order chi connectivity index (χ1) is 10.0. The average Bonchev–Trinajstić information content (AvgIpc) is 2.97. The number of aldehydes is 1. The normalized spacial score (nSPS) is 11.8. The first-order valence-electron chi connectivity index (χ1n) is 6.69. The zero-order valence-corrected chi connectivity index (χ0v) is 12.8. The Bertz CT molecular complexity index is 730. The molecule has 0 saturated carbocycles. The number of benzene rings is 1. The van der Waals surface area contributed by atoms with Crippen molar-refractivity contribution < 1.29 is 17.6 Å². The molecule has 0 spiro atoms. The Labute approximate surface area is 124 Å². The molecule has 0 fully saturated rings. The molecule has 0 aliphatic carbocycles. The molecule has 0 atom stereocenters.